The van der Waals surface area contributed by atoms with Crippen molar-refractivity contribution in [3.05, 3.63) is 46.6 Å². The standard InChI is InChI=1S/C22H30O4/c1-5-6-7-8-15-12-18(23)20(21(24)19(15)22(25)26)17-11-14(4)9-10-16(17)13(2)3/h11-12,16-17,23-24H,2,5-10H2,1,3-4H3,(H,25,26)/t16?,17-/m1/s1. The Morgan fingerprint density at radius 1 is 1.31 bits per heavy atom. The van der Waals surface area contributed by atoms with E-state index in [9.17, 15) is 20.1 Å². The van der Waals surface area contributed by atoms with Gasteiger partial charge >= 0.3 is 5.97 Å². The maximum absolute atomic E-state index is 11.8. The Balaban J connectivity index is 2.58. The van der Waals surface area contributed by atoms with Crippen molar-refractivity contribution < 1.29 is 20.1 Å². The second-order valence-electron chi connectivity index (χ2n) is 7.48. The first-order chi connectivity index (χ1) is 12.3. The van der Waals surface area contributed by atoms with Crippen molar-refractivity contribution >= 4 is 5.97 Å². The van der Waals surface area contributed by atoms with Crippen LogP contribution in [0.1, 0.15) is 80.3 Å². The molecule has 0 saturated carbocycles. The number of carboxylic acids is 1. The molecule has 0 amide bonds. The summed E-state index contributed by atoms with van der Waals surface area (Å²) in [6.07, 6.45) is 7.19. The van der Waals surface area contributed by atoms with Crippen molar-refractivity contribution in [2.75, 3.05) is 0 Å². The first-order valence-electron chi connectivity index (χ1n) is 9.41. The number of phenols is 2. The summed E-state index contributed by atoms with van der Waals surface area (Å²) in [7, 11) is 0. The van der Waals surface area contributed by atoms with Crippen molar-refractivity contribution in [3.8, 4) is 11.5 Å². The van der Waals surface area contributed by atoms with Gasteiger partial charge < -0.3 is 15.3 Å². The molecule has 4 heteroatoms. The third-order valence-corrected chi connectivity index (χ3v) is 5.38. The van der Waals surface area contributed by atoms with E-state index in [-0.39, 0.29) is 28.9 Å². The number of rotatable bonds is 7. The van der Waals surface area contributed by atoms with E-state index in [4.69, 9.17) is 0 Å². The number of phenolic OH excluding ortho intramolecular Hbond substituents is 1. The Morgan fingerprint density at radius 3 is 2.58 bits per heavy atom. The molecular formula is C22H30O4. The summed E-state index contributed by atoms with van der Waals surface area (Å²) in [5.41, 5.74) is 2.88. The second-order valence-corrected chi connectivity index (χ2v) is 7.48. The Morgan fingerprint density at radius 2 is 2.00 bits per heavy atom. The normalized spacial score (nSPS) is 19.9. The molecule has 1 unspecified atom stereocenters. The highest BCUT2D eigenvalue weighted by molar-refractivity contribution is 5.94. The largest absolute Gasteiger partial charge is 0.507 e. The van der Waals surface area contributed by atoms with Crippen LogP contribution in [0, 0.1) is 5.92 Å². The lowest BCUT2D eigenvalue weighted by Crippen LogP contribution is -2.18. The Labute approximate surface area is 155 Å². The van der Waals surface area contributed by atoms with Crippen LogP contribution in [-0.4, -0.2) is 21.3 Å². The van der Waals surface area contributed by atoms with Gasteiger partial charge in [-0.05, 0) is 57.1 Å². The predicted molar refractivity (Wildman–Crippen MR) is 104 cm³/mol. The number of unbranched alkanes of at least 4 members (excludes halogenated alkanes) is 2. The highest BCUT2D eigenvalue weighted by atomic mass is 16.4. The van der Waals surface area contributed by atoms with Gasteiger partial charge in [0.05, 0.1) is 0 Å². The molecule has 0 spiro atoms. The zero-order chi connectivity index (χ0) is 19.4. The van der Waals surface area contributed by atoms with Crippen LogP contribution in [0.2, 0.25) is 0 Å². The zero-order valence-corrected chi connectivity index (χ0v) is 16.0. The number of hydrogen-bond donors (Lipinski definition) is 3. The molecular weight excluding hydrogens is 328 g/mol. The number of aromatic hydroxyl groups is 2. The molecule has 0 heterocycles. The predicted octanol–water partition coefficient (Wildman–Crippen LogP) is 5.54. The molecule has 2 atom stereocenters. The van der Waals surface area contributed by atoms with Gasteiger partial charge in [-0.1, -0.05) is 43.6 Å². The Hall–Kier alpha value is -2.23. The van der Waals surface area contributed by atoms with Crippen LogP contribution < -0.4 is 0 Å². The monoisotopic (exact) mass is 358 g/mol. The van der Waals surface area contributed by atoms with Crippen molar-refractivity contribution in [2.45, 2.75) is 65.2 Å². The minimum Gasteiger partial charge on any atom is -0.507 e. The molecule has 1 aliphatic rings. The van der Waals surface area contributed by atoms with E-state index in [1.165, 1.54) is 11.6 Å². The second kappa shape index (κ2) is 8.43. The van der Waals surface area contributed by atoms with Crippen LogP contribution in [0.15, 0.2) is 29.9 Å². The van der Waals surface area contributed by atoms with Crippen LogP contribution in [0.25, 0.3) is 0 Å². The summed E-state index contributed by atoms with van der Waals surface area (Å²) in [6.45, 7) is 10.1. The third kappa shape index (κ3) is 4.12. The van der Waals surface area contributed by atoms with Gasteiger partial charge in [-0.3, -0.25) is 0 Å². The summed E-state index contributed by atoms with van der Waals surface area (Å²) < 4.78 is 0. The highest BCUT2D eigenvalue weighted by Gasteiger charge is 2.32. The Bertz CT molecular complexity index is 730. The summed E-state index contributed by atoms with van der Waals surface area (Å²) in [5.74, 6) is -1.67. The quantitative estimate of drug-likeness (QED) is 0.441. The molecule has 1 aliphatic carbocycles. The van der Waals surface area contributed by atoms with Gasteiger partial charge in [0.1, 0.15) is 17.1 Å². The number of hydrogen-bond acceptors (Lipinski definition) is 3. The highest BCUT2D eigenvalue weighted by Crippen LogP contribution is 2.48. The molecule has 142 valence electrons. The molecule has 2 rings (SSSR count). The third-order valence-electron chi connectivity index (χ3n) is 5.38. The molecule has 0 aliphatic heterocycles. The topological polar surface area (TPSA) is 77.8 Å². The number of carboxylic acid groups (broad SMARTS) is 1. The number of aryl methyl sites for hydroxylation is 1. The zero-order valence-electron chi connectivity index (χ0n) is 16.0. The SMILES string of the molecule is C=C(C)C1CCC(C)=C[C@H]1c1c(O)cc(CCCCC)c(C(=O)O)c1O. The van der Waals surface area contributed by atoms with Gasteiger partial charge in [0, 0.05) is 11.5 Å². The van der Waals surface area contributed by atoms with E-state index in [1.54, 1.807) is 0 Å². The molecule has 0 aromatic heterocycles. The fourth-order valence-electron chi connectivity index (χ4n) is 3.96. The maximum atomic E-state index is 11.8. The van der Waals surface area contributed by atoms with Crippen molar-refractivity contribution in [1.82, 2.24) is 0 Å². The fraction of sp³-hybridized carbons (Fsp3) is 0.500. The van der Waals surface area contributed by atoms with E-state index < -0.39 is 5.97 Å². The molecule has 4 nitrogen and oxygen atoms in total. The molecule has 1 aromatic carbocycles. The molecule has 0 radical (unpaired) electrons. The van der Waals surface area contributed by atoms with Gasteiger partial charge in [0.2, 0.25) is 0 Å². The molecule has 1 aromatic rings. The van der Waals surface area contributed by atoms with Gasteiger partial charge in [-0.25, -0.2) is 4.79 Å². The van der Waals surface area contributed by atoms with E-state index in [2.05, 4.69) is 13.5 Å². The molecule has 26 heavy (non-hydrogen) atoms. The summed E-state index contributed by atoms with van der Waals surface area (Å²) in [5, 5.41) is 31.1. The van der Waals surface area contributed by atoms with E-state index >= 15 is 0 Å². The minimum atomic E-state index is -1.15. The lowest BCUT2D eigenvalue weighted by molar-refractivity contribution is 0.0692. The number of carbonyl (C=O) groups is 1. The van der Waals surface area contributed by atoms with Crippen molar-refractivity contribution in [2.24, 2.45) is 5.92 Å². The van der Waals surface area contributed by atoms with Crippen molar-refractivity contribution in [3.63, 3.8) is 0 Å². The minimum absolute atomic E-state index is 0.0267. The number of allylic oxidation sites excluding steroid dienone is 3. The summed E-state index contributed by atoms with van der Waals surface area (Å²) in [6, 6.07) is 1.53. The van der Waals surface area contributed by atoms with E-state index in [0.717, 1.165) is 37.7 Å². The van der Waals surface area contributed by atoms with E-state index in [0.29, 0.717) is 17.5 Å². The van der Waals surface area contributed by atoms with Gasteiger partial charge in [-0.15, -0.1) is 0 Å². The molecule has 3 N–H and O–H groups in total. The van der Waals surface area contributed by atoms with Gasteiger partial charge in [0.15, 0.2) is 0 Å². The summed E-state index contributed by atoms with van der Waals surface area (Å²) in [4.78, 5) is 11.8. The van der Waals surface area contributed by atoms with Gasteiger partial charge in [-0.2, -0.15) is 0 Å². The maximum Gasteiger partial charge on any atom is 0.339 e. The smallest absolute Gasteiger partial charge is 0.339 e. The lowest BCUT2D eigenvalue weighted by atomic mass is 9.73. The fourth-order valence-corrected chi connectivity index (χ4v) is 3.96. The van der Waals surface area contributed by atoms with Crippen LogP contribution in [0.5, 0.6) is 11.5 Å². The van der Waals surface area contributed by atoms with E-state index in [1.807, 2.05) is 19.9 Å². The first-order valence-corrected chi connectivity index (χ1v) is 9.41. The van der Waals surface area contributed by atoms with Crippen LogP contribution in [0.3, 0.4) is 0 Å². The Kier molecular flexibility index (Phi) is 6.52. The van der Waals surface area contributed by atoms with Crippen LogP contribution in [0.4, 0.5) is 0 Å². The lowest BCUT2D eigenvalue weighted by Gasteiger charge is -2.32. The van der Waals surface area contributed by atoms with Crippen molar-refractivity contribution in [1.29, 1.82) is 0 Å². The average molecular weight is 358 g/mol. The van der Waals surface area contributed by atoms with Gasteiger partial charge in [0.25, 0.3) is 0 Å². The molecule has 0 saturated heterocycles. The first kappa shape index (κ1) is 20.1. The summed E-state index contributed by atoms with van der Waals surface area (Å²) >= 11 is 0. The van der Waals surface area contributed by atoms with Crippen LogP contribution >= 0.6 is 0 Å². The molecule has 0 bridgehead atoms. The number of benzene rings is 1. The average Bonchev–Trinajstić information content (AvgIpc) is 2.54. The number of aromatic carboxylic acids is 1. The molecule has 0 fully saturated rings. The van der Waals surface area contributed by atoms with Crippen LogP contribution in [-0.2, 0) is 6.42 Å².